The van der Waals surface area contributed by atoms with Crippen molar-refractivity contribution in [1.82, 2.24) is 14.5 Å². The standard InChI is InChI=1S/C21H21F3N4O3S/c1-15-6-8-17(9-7-15)26-32(30,31)18-5-3-4-16(12-18)20(29)27(2)13-19-25-10-11-28(19)14-21(22,23)24/h3-12,26H,13-14H2,1-2H3. The van der Waals surface area contributed by atoms with E-state index in [2.05, 4.69) is 9.71 Å². The maximum atomic E-state index is 12.8. The maximum absolute atomic E-state index is 12.8. The lowest BCUT2D eigenvalue weighted by molar-refractivity contribution is -0.141. The number of sulfonamides is 1. The molecule has 1 aromatic heterocycles. The second-order valence-corrected chi connectivity index (χ2v) is 8.93. The van der Waals surface area contributed by atoms with Crippen LogP contribution in [-0.2, 0) is 23.1 Å². The topological polar surface area (TPSA) is 84.3 Å². The fourth-order valence-electron chi connectivity index (χ4n) is 2.97. The molecule has 0 spiro atoms. The van der Waals surface area contributed by atoms with Crippen LogP contribution in [0.2, 0.25) is 0 Å². The lowest BCUT2D eigenvalue weighted by atomic mass is 10.2. The van der Waals surface area contributed by atoms with Crippen LogP contribution in [0, 0.1) is 6.92 Å². The second kappa shape index (κ2) is 9.03. The highest BCUT2D eigenvalue weighted by molar-refractivity contribution is 7.92. The van der Waals surface area contributed by atoms with E-state index >= 15 is 0 Å². The number of nitrogens with zero attached hydrogens (tertiary/aromatic N) is 3. The van der Waals surface area contributed by atoms with Gasteiger partial charge in [-0.15, -0.1) is 0 Å². The van der Waals surface area contributed by atoms with Gasteiger partial charge in [0.25, 0.3) is 15.9 Å². The van der Waals surface area contributed by atoms with E-state index in [1.165, 1.54) is 48.6 Å². The number of aromatic nitrogens is 2. The second-order valence-electron chi connectivity index (χ2n) is 7.25. The van der Waals surface area contributed by atoms with Crippen LogP contribution < -0.4 is 4.72 Å². The Morgan fingerprint density at radius 2 is 1.84 bits per heavy atom. The van der Waals surface area contributed by atoms with Crippen LogP contribution in [0.15, 0.2) is 65.8 Å². The third-order valence-corrected chi connectivity index (χ3v) is 5.95. The molecule has 0 unspecified atom stereocenters. The van der Waals surface area contributed by atoms with E-state index in [0.29, 0.717) is 5.69 Å². The molecular weight excluding hydrogens is 445 g/mol. The highest BCUT2D eigenvalue weighted by Gasteiger charge is 2.29. The Morgan fingerprint density at radius 3 is 2.50 bits per heavy atom. The quantitative estimate of drug-likeness (QED) is 0.574. The predicted molar refractivity (Wildman–Crippen MR) is 113 cm³/mol. The van der Waals surface area contributed by atoms with Crippen LogP contribution in [0.5, 0.6) is 0 Å². The number of halogens is 3. The van der Waals surface area contributed by atoms with Gasteiger partial charge in [0.15, 0.2) is 0 Å². The summed E-state index contributed by atoms with van der Waals surface area (Å²) < 4.78 is 66.9. The van der Waals surface area contributed by atoms with Crippen molar-refractivity contribution in [2.24, 2.45) is 0 Å². The zero-order valence-corrected chi connectivity index (χ0v) is 18.1. The molecule has 0 aliphatic rings. The van der Waals surface area contributed by atoms with Crippen molar-refractivity contribution in [3.05, 3.63) is 77.9 Å². The molecule has 0 aliphatic carbocycles. The van der Waals surface area contributed by atoms with Crippen LogP contribution in [0.4, 0.5) is 18.9 Å². The highest BCUT2D eigenvalue weighted by Crippen LogP contribution is 2.20. The van der Waals surface area contributed by atoms with E-state index in [4.69, 9.17) is 0 Å². The number of imidazole rings is 1. The molecule has 0 radical (unpaired) electrons. The molecule has 0 fully saturated rings. The van der Waals surface area contributed by atoms with Gasteiger partial charge in [-0.25, -0.2) is 13.4 Å². The van der Waals surface area contributed by atoms with E-state index < -0.39 is 28.7 Å². The summed E-state index contributed by atoms with van der Waals surface area (Å²) in [5.41, 5.74) is 1.42. The Hall–Kier alpha value is -3.34. The molecule has 1 heterocycles. The van der Waals surface area contributed by atoms with Gasteiger partial charge in [-0.3, -0.25) is 9.52 Å². The number of carbonyl (C=O) groups excluding carboxylic acids is 1. The van der Waals surface area contributed by atoms with Crippen LogP contribution in [0.3, 0.4) is 0 Å². The molecule has 2 aromatic carbocycles. The lowest BCUT2D eigenvalue weighted by Gasteiger charge is -2.19. The van der Waals surface area contributed by atoms with Crippen molar-refractivity contribution in [2.75, 3.05) is 11.8 Å². The molecule has 7 nitrogen and oxygen atoms in total. The van der Waals surface area contributed by atoms with Gasteiger partial charge in [-0.1, -0.05) is 23.8 Å². The first-order valence-electron chi connectivity index (χ1n) is 9.46. The maximum Gasteiger partial charge on any atom is 0.406 e. The largest absolute Gasteiger partial charge is 0.406 e. The molecule has 170 valence electrons. The lowest BCUT2D eigenvalue weighted by Crippen LogP contribution is -2.29. The molecule has 1 N–H and O–H groups in total. The van der Waals surface area contributed by atoms with Crippen molar-refractivity contribution in [1.29, 1.82) is 0 Å². The Labute approximate surface area is 183 Å². The number of amides is 1. The van der Waals surface area contributed by atoms with E-state index in [1.54, 1.807) is 24.3 Å². The number of benzene rings is 2. The number of hydrogen-bond donors (Lipinski definition) is 1. The van der Waals surface area contributed by atoms with Gasteiger partial charge in [-0.05, 0) is 37.3 Å². The number of rotatable bonds is 7. The van der Waals surface area contributed by atoms with Crippen LogP contribution in [0.1, 0.15) is 21.7 Å². The number of hydrogen-bond acceptors (Lipinski definition) is 4. The van der Waals surface area contributed by atoms with E-state index in [0.717, 1.165) is 10.1 Å². The minimum Gasteiger partial charge on any atom is -0.334 e. The van der Waals surface area contributed by atoms with Gasteiger partial charge >= 0.3 is 6.18 Å². The average molecular weight is 466 g/mol. The van der Waals surface area contributed by atoms with Gasteiger partial charge in [0.1, 0.15) is 12.4 Å². The summed E-state index contributed by atoms with van der Waals surface area (Å²) in [6.45, 7) is 0.475. The number of alkyl halides is 3. The fourth-order valence-corrected chi connectivity index (χ4v) is 4.07. The van der Waals surface area contributed by atoms with E-state index in [9.17, 15) is 26.4 Å². The molecule has 1 amide bonds. The molecule has 32 heavy (non-hydrogen) atoms. The summed E-state index contributed by atoms with van der Waals surface area (Å²) in [6, 6.07) is 12.2. The predicted octanol–water partition coefficient (Wildman–Crippen LogP) is 3.83. The van der Waals surface area contributed by atoms with Crippen molar-refractivity contribution in [2.45, 2.75) is 31.1 Å². The number of anilines is 1. The van der Waals surface area contributed by atoms with Crippen molar-refractivity contribution >= 4 is 21.6 Å². The fraction of sp³-hybridized carbons (Fsp3) is 0.238. The number of nitrogens with one attached hydrogen (secondary N) is 1. The van der Waals surface area contributed by atoms with Crippen LogP contribution in [0.25, 0.3) is 0 Å². The summed E-state index contributed by atoms with van der Waals surface area (Å²) in [5, 5.41) is 0. The van der Waals surface area contributed by atoms with Crippen molar-refractivity contribution in [3.63, 3.8) is 0 Å². The van der Waals surface area contributed by atoms with E-state index in [-0.39, 0.29) is 22.8 Å². The third kappa shape index (κ3) is 5.88. The minimum atomic E-state index is -4.43. The van der Waals surface area contributed by atoms with Crippen molar-refractivity contribution < 1.29 is 26.4 Å². The SMILES string of the molecule is Cc1ccc(NS(=O)(=O)c2cccc(C(=O)N(C)Cc3nccn3CC(F)(F)F)c2)cc1. The summed E-state index contributed by atoms with van der Waals surface area (Å²) >= 11 is 0. The average Bonchev–Trinajstić information content (AvgIpc) is 3.13. The zero-order valence-electron chi connectivity index (χ0n) is 17.3. The summed E-state index contributed by atoms with van der Waals surface area (Å²) in [7, 11) is -2.54. The molecule has 0 atom stereocenters. The third-order valence-electron chi connectivity index (χ3n) is 4.57. The van der Waals surface area contributed by atoms with E-state index in [1.807, 2.05) is 6.92 Å². The van der Waals surface area contributed by atoms with Gasteiger partial charge in [0.05, 0.1) is 11.4 Å². The Bertz CT molecular complexity index is 1210. The van der Waals surface area contributed by atoms with Crippen molar-refractivity contribution in [3.8, 4) is 0 Å². The molecule has 0 aliphatic heterocycles. The van der Waals surface area contributed by atoms with Gasteiger partial charge in [0, 0.05) is 30.7 Å². The Morgan fingerprint density at radius 1 is 1.16 bits per heavy atom. The normalized spacial score (nSPS) is 11.9. The smallest absolute Gasteiger partial charge is 0.334 e. The summed E-state index contributed by atoms with van der Waals surface area (Å²) in [6.07, 6.45) is -2.01. The zero-order chi connectivity index (χ0) is 23.5. The molecule has 3 rings (SSSR count). The summed E-state index contributed by atoms with van der Waals surface area (Å²) in [5.74, 6) is -0.498. The molecule has 0 saturated heterocycles. The molecule has 0 saturated carbocycles. The first-order valence-corrected chi connectivity index (χ1v) is 10.9. The molecular formula is C21H21F3N4O3S. The van der Waals surface area contributed by atoms with Gasteiger partial charge < -0.3 is 9.47 Å². The summed E-state index contributed by atoms with van der Waals surface area (Å²) in [4.78, 5) is 17.7. The number of carbonyl (C=O) groups is 1. The van der Waals surface area contributed by atoms with Crippen LogP contribution in [-0.4, -0.2) is 42.0 Å². The number of aryl methyl sites for hydroxylation is 1. The molecule has 0 bridgehead atoms. The van der Waals surface area contributed by atoms with Gasteiger partial charge in [-0.2, -0.15) is 13.2 Å². The first-order chi connectivity index (χ1) is 14.9. The molecule has 3 aromatic rings. The minimum absolute atomic E-state index is 0.0583. The monoisotopic (exact) mass is 466 g/mol. The first kappa shape index (κ1) is 23.3. The highest BCUT2D eigenvalue weighted by atomic mass is 32.2. The molecule has 11 heteroatoms. The Kier molecular flexibility index (Phi) is 6.58. The van der Waals surface area contributed by atoms with Gasteiger partial charge in [0.2, 0.25) is 0 Å². The Balaban J connectivity index is 1.76. The van der Waals surface area contributed by atoms with Crippen LogP contribution >= 0.6 is 0 Å².